The standard InChI is InChI=1S/C6H8N2O3/c1-11-6-2-3-8(10)5(4-9)7-6/h2-3,9H,4H2,1H3. The zero-order valence-electron chi connectivity index (χ0n) is 6.02. The average Bonchev–Trinajstić information content (AvgIpc) is 2.05. The summed E-state index contributed by atoms with van der Waals surface area (Å²) in [6, 6.07) is 1.42. The molecule has 5 nitrogen and oxygen atoms in total. The SMILES string of the molecule is COc1cc[n+]([O-])c(CO)n1. The highest BCUT2D eigenvalue weighted by Gasteiger charge is 2.08. The topological polar surface area (TPSA) is 69.3 Å². The Morgan fingerprint density at radius 1 is 1.82 bits per heavy atom. The highest BCUT2D eigenvalue weighted by Crippen LogP contribution is 2.01. The van der Waals surface area contributed by atoms with Crippen molar-refractivity contribution >= 4 is 0 Å². The predicted molar refractivity (Wildman–Crippen MR) is 35.7 cm³/mol. The molecular formula is C6H8N2O3. The Labute approximate surface area is 63.5 Å². The first kappa shape index (κ1) is 7.74. The first-order valence-electron chi connectivity index (χ1n) is 3.02. The van der Waals surface area contributed by atoms with E-state index in [2.05, 4.69) is 4.98 Å². The molecule has 0 aliphatic rings. The lowest BCUT2D eigenvalue weighted by atomic mass is 10.5. The molecule has 60 valence electrons. The van der Waals surface area contributed by atoms with Gasteiger partial charge in [-0.25, -0.2) is 4.73 Å². The van der Waals surface area contributed by atoms with Gasteiger partial charge in [-0.3, -0.25) is 0 Å². The van der Waals surface area contributed by atoms with Crippen LogP contribution in [0.5, 0.6) is 5.88 Å². The van der Waals surface area contributed by atoms with Gasteiger partial charge in [-0.15, -0.1) is 0 Å². The van der Waals surface area contributed by atoms with E-state index in [4.69, 9.17) is 9.84 Å². The van der Waals surface area contributed by atoms with Gasteiger partial charge in [-0.1, -0.05) is 0 Å². The molecule has 0 unspecified atom stereocenters. The smallest absolute Gasteiger partial charge is 0.331 e. The lowest BCUT2D eigenvalue weighted by Gasteiger charge is -2.02. The van der Waals surface area contributed by atoms with E-state index in [-0.39, 0.29) is 12.4 Å². The minimum atomic E-state index is -0.388. The van der Waals surface area contributed by atoms with Gasteiger partial charge in [0, 0.05) is 0 Å². The van der Waals surface area contributed by atoms with Crippen molar-refractivity contribution in [1.29, 1.82) is 0 Å². The van der Waals surface area contributed by atoms with Crippen molar-refractivity contribution in [1.82, 2.24) is 4.98 Å². The van der Waals surface area contributed by atoms with Crippen LogP contribution in [0.3, 0.4) is 0 Å². The van der Waals surface area contributed by atoms with Crippen LogP contribution in [0.15, 0.2) is 12.3 Å². The summed E-state index contributed by atoms with van der Waals surface area (Å²) in [5.41, 5.74) is 0. The molecule has 0 aliphatic heterocycles. The molecule has 11 heavy (non-hydrogen) atoms. The van der Waals surface area contributed by atoms with Gasteiger partial charge in [-0.2, -0.15) is 0 Å². The number of aromatic nitrogens is 2. The van der Waals surface area contributed by atoms with Crippen molar-refractivity contribution in [3.63, 3.8) is 0 Å². The molecule has 1 rings (SSSR count). The van der Waals surface area contributed by atoms with Crippen LogP contribution in [-0.2, 0) is 6.61 Å². The van der Waals surface area contributed by atoms with Gasteiger partial charge in [0.25, 0.3) is 0 Å². The molecular weight excluding hydrogens is 148 g/mol. The van der Waals surface area contributed by atoms with Crippen LogP contribution in [0.4, 0.5) is 0 Å². The molecule has 0 bridgehead atoms. The van der Waals surface area contributed by atoms with Crippen LogP contribution in [0.2, 0.25) is 0 Å². The Morgan fingerprint density at radius 3 is 3.09 bits per heavy atom. The van der Waals surface area contributed by atoms with Crippen LogP contribution < -0.4 is 9.47 Å². The number of aliphatic hydroxyl groups is 1. The molecule has 0 aromatic carbocycles. The van der Waals surface area contributed by atoms with Crippen LogP contribution in [0.25, 0.3) is 0 Å². The molecule has 0 atom stereocenters. The minimum absolute atomic E-state index is 0.0318. The molecule has 0 amide bonds. The summed E-state index contributed by atoms with van der Waals surface area (Å²) in [6.07, 6.45) is 1.23. The lowest BCUT2D eigenvalue weighted by molar-refractivity contribution is -0.620. The fraction of sp³-hybridized carbons (Fsp3) is 0.333. The number of hydrogen-bond acceptors (Lipinski definition) is 4. The van der Waals surface area contributed by atoms with Crippen molar-refractivity contribution in [2.45, 2.75) is 6.61 Å². The van der Waals surface area contributed by atoms with Gasteiger partial charge in [0.2, 0.25) is 0 Å². The first-order valence-corrected chi connectivity index (χ1v) is 3.02. The molecule has 0 spiro atoms. The molecule has 1 aromatic heterocycles. The van der Waals surface area contributed by atoms with Crippen LogP contribution >= 0.6 is 0 Å². The monoisotopic (exact) mass is 156 g/mol. The third-order valence-electron chi connectivity index (χ3n) is 1.20. The van der Waals surface area contributed by atoms with E-state index in [1.165, 1.54) is 19.4 Å². The largest absolute Gasteiger partial charge is 0.711 e. The van der Waals surface area contributed by atoms with E-state index >= 15 is 0 Å². The van der Waals surface area contributed by atoms with Gasteiger partial charge in [0.15, 0.2) is 0 Å². The zero-order chi connectivity index (χ0) is 8.27. The summed E-state index contributed by atoms with van der Waals surface area (Å²) in [7, 11) is 1.44. The summed E-state index contributed by atoms with van der Waals surface area (Å²) in [5.74, 6) is 0.352. The molecule has 1 aromatic rings. The normalized spacial score (nSPS) is 9.64. The fourth-order valence-electron chi connectivity index (χ4n) is 0.650. The maximum absolute atomic E-state index is 10.8. The van der Waals surface area contributed by atoms with Crippen molar-refractivity contribution in [3.05, 3.63) is 23.3 Å². The zero-order valence-corrected chi connectivity index (χ0v) is 6.02. The lowest BCUT2D eigenvalue weighted by Crippen LogP contribution is -2.32. The van der Waals surface area contributed by atoms with Crippen LogP contribution in [-0.4, -0.2) is 17.2 Å². The third kappa shape index (κ3) is 1.56. The molecule has 0 fully saturated rings. The number of ether oxygens (including phenoxy) is 1. The maximum atomic E-state index is 10.8. The van der Waals surface area contributed by atoms with Gasteiger partial charge < -0.3 is 15.1 Å². The number of methoxy groups -OCH3 is 1. The Balaban J connectivity index is 3.02. The van der Waals surface area contributed by atoms with Crippen molar-refractivity contribution in [2.75, 3.05) is 7.11 Å². The van der Waals surface area contributed by atoms with Gasteiger partial charge in [-0.05, 0) is 4.98 Å². The maximum Gasteiger partial charge on any atom is 0.331 e. The van der Waals surface area contributed by atoms with Crippen molar-refractivity contribution in [3.8, 4) is 5.88 Å². The van der Waals surface area contributed by atoms with Crippen LogP contribution in [0, 0.1) is 5.21 Å². The number of hydrogen-bond donors (Lipinski definition) is 1. The Bertz CT molecular complexity index is 252. The molecule has 1 heterocycles. The number of rotatable bonds is 2. The third-order valence-corrected chi connectivity index (χ3v) is 1.20. The Morgan fingerprint density at radius 2 is 2.55 bits per heavy atom. The summed E-state index contributed by atoms with van der Waals surface area (Å²) < 4.78 is 5.23. The average molecular weight is 156 g/mol. The second-order valence-electron chi connectivity index (χ2n) is 1.87. The molecule has 0 radical (unpaired) electrons. The van der Waals surface area contributed by atoms with E-state index in [1.54, 1.807) is 0 Å². The second-order valence-corrected chi connectivity index (χ2v) is 1.87. The summed E-state index contributed by atoms with van der Waals surface area (Å²) in [5, 5.41) is 19.4. The van der Waals surface area contributed by atoms with Gasteiger partial charge >= 0.3 is 11.7 Å². The van der Waals surface area contributed by atoms with Crippen LogP contribution in [0.1, 0.15) is 5.82 Å². The quantitative estimate of drug-likeness (QED) is 0.450. The van der Waals surface area contributed by atoms with Gasteiger partial charge in [0.05, 0.1) is 13.2 Å². The fourth-order valence-corrected chi connectivity index (χ4v) is 0.650. The van der Waals surface area contributed by atoms with E-state index in [0.29, 0.717) is 10.6 Å². The summed E-state index contributed by atoms with van der Waals surface area (Å²) in [6.45, 7) is -0.388. The summed E-state index contributed by atoms with van der Waals surface area (Å²) >= 11 is 0. The minimum Gasteiger partial charge on any atom is -0.711 e. The van der Waals surface area contributed by atoms with Crippen molar-refractivity contribution in [2.24, 2.45) is 0 Å². The number of aliphatic hydroxyl groups excluding tert-OH is 1. The highest BCUT2D eigenvalue weighted by atomic mass is 16.5. The molecule has 1 N–H and O–H groups in total. The Kier molecular flexibility index (Phi) is 2.22. The van der Waals surface area contributed by atoms with Gasteiger partial charge in [0.1, 0.15) is 12.8 Å². The first-order chi connectivity index (χ1) is 5.27. The molecule has 5 heteroatoms. The van der Waals surface area contributed by atoms with E-state index in [0.717, 1.165) is 0 Å². The molecule has 0 saturated heterocycles. The van der Waals surface area contributed by atoms with E-state index in [1.807, 2.05) is 0 Å². The van der Waals surface area contributed by atoms with Crippen molar-refractivity contribution < 1.29 is 14.6 Å². The molecule has 0 saturated carbocycles. The molecule has 0 aliphatic carbocycles. The summed E-state index contributed by atoms with van der Waals surface area (Å²) in [4.78, 5) is 3.69. The van der Waals surface area contributed by atoms with E-state index < -0.39 is 0 Å². The van der Waals surface area contributed by atoms with E-state index in [9.17, 15) is 5.21 Å². The Hall–Kier alpha value is -1.36. The predicted octanol–water partition coefficient (Wildman–Crippen LogP) is -0.784. The highest BCUT2D eigenvalue weighted by molar-refractivity contribution is 5.04. The number of nitrogens with zero attached hydrogens (tertiary/aromatic N) is 2. The second kappa shape index (κ2) is 3.16.